The molecule has 26 heavy (non-hydrogen) atoms. The maximum atomic E-state index is 13.5. The molecule has 3 aromatic rings. The van der Waals surface area contributed by atoms with Crippen molar-refractivity contribution >= 4 is 11.0 Å². The Hall–Kier alpha value is -2.90. The molecule has 0 aliphatic rings. The third kappa shape index (κ3) is 3.40. The monoisotopic (exact) mass is 366 g/mol. The van der Waals surface area contributed by atoms with Gasteiger partial charge in [-0.3, -0.25) is 0 Å². The minimum absolute atomic E-state index is 0.0271. The molecule has 1 N–H and O–H groups in total. The predicted molar refractivity (Wildman–Crippen MR) is 90.0 cm³/mol. The van der Waals surface area contributed by atoms with Crippen molar-refractivity contribution in [1.29, 1.82) is 0 Å². The van der Waals surface area contributed by atoms with Gasteiger partial charge in [-0.05, 0) is 23.8 Å². The number of rotatable bonds is 7. The lowest BCUT2D eigenvalue weighted by Gasteiger charge is -2.21. The second kappa shape index (κ2) is 7.15. The zero-order chi connectivity index (χ0) is 18.7. The normalized spacial score (nSPS) is 11.6. The van der Waals surface area contributed by atoms with Gasteiger partial charge in [-0.15, -0.1) is 0 Å². The van der Waals surface area contributed by atoms with Gasteiger partial charge in [0.05, 0.1) is 14.2 Å². The van der Waals surface area contributed by atoms with E-state index in [9.17, 15) is 13.2 Å². The Morgan fingerprint density at radius 1 is 1.08 bits per heavy atom. The predicted octanol–water partition coefficient (Wildman–Crippen LogP) is 4.11. The van der Waals surface area contributed by atoms with E-state index in [1.54, 1.807) is 24.5 Å². The summed E-state index contributed by atoms with van der Waals surface area (Å²) >= 11 is 0. The first-order chi connectivity index (χ1) is 12.5. The van der Waals surface area contributed by atoms with Crippen molar-refractivity contribution in [3.63, 3.8) is 0 Å². The smallest absolute Gasteiger partial charge is 0.427 e. The quantitative estimate of drug-likeness (QED) is 0.684. The molecule has 2 aromatic heterocycles. The van der Waals surface area contributed by atoms with Gasteiger partial charge in [0, 0.05) is 29.8 Å². The molecule has 0 saturated heterocycles. The Morgan fingerprint density at radius 3 is 2.58 bits per heavy atom. The molecule has 0 spiro atoms. The fourth-order valence-corrected chi connectivity index (χ4v) is 2.75. The highest BCUT2D eigenvalue weighted by Gasteiger charge is 2.35. The molecule has 2 heterocycles. The Kier molecular flexibility index (Phi) is 4.92. The van der Waals surface area contributed by atoms with E-state index in [1.807, 2.05) is 6.07 Å². The lowest BCUT2D eigenvalue weighted by atomic mass is 10.0. The van der Waals surface area contributed by atoms with Crippen LogP contribution in [0.15, 0.2) is 36.7 Å². The molecule has 138 valence electrons. The summed E-state index contributed by atoms with van der Waals surface area (Å²) < 4.78 is 54.4. The third-order valence-electron chi connectivity index (χ3n) is 3.91. The Balaban J connectivity index is 2.04. The summed E-state index contributed by atoms with van der Waals surface area (Å²) in [5.74, 6) is -0.247. The second-order valence-electron chi connectivity index (χ2n) is 5.55. The molecule has 8 heteroatoms. The van der Waals surface area contributed by atoms with Crippen LogP contribution in [0.5, 0.6) is 17.2 Å². The number of hydrogen-bond acceptors (Lipinski definition) is 4. The van der Waals surface area contributed by atoms with E-state index in [-0.39, 0.29) is 17.2 Å². The lowest BCUT2D eigenvalue weighted by molar-refractivity contribution is -0.187. The van der Waals surface area contributed by atoms with Gasteiger partial charge in [0.25, 0.3) is 0 Å². The zero-order valence-electron chi connectivity index (χ0n) is 14.2. The molecule has 0 aliphatic heterocycles. The van der Waals surface area contributed by atoms with Crippen molar-refractivity contribution in [1.82, 2.24) is 9.97 Å². The summed E-state index contributed by atoms with van der Waals surface area (Å²) in [4.78, 5) is 7.27. The van der Waals surface area contributed by atoms with E-state index >= 15 is 0 Å². The molecule has 3 rings (SSSR count). The van der Waals surface area contributed by atoms with Crippen molar-refractivity contribution < 1.29 is 27.4 Å². The number of benzene rings is 1. The van der Waals surface area contributed by atoms with Gasteiger partial charge in [0.15, 0.2) is 18.2 Å². The standard InChI is InChI=1S/C18H17F3N2O3/c1-24-14-6-5-11(15(25-2)16(14)26-18(20,21)10-19)8-12-9-23-17-13(12)4-3-7-22-17/h3-7,9H,8,10H2,1-2H3,(H,22,23). The van der Waals surface area contributed by atoms with E-state index in [4.69, 9.17) is 9.47 Å². The molecule has 0 aliphatic carbocycles. The van der Waals surface area contributed by atoms with Crippen LogP contribution in [0.1, 0.15) is 11.1 Å². The Morgan fingerprint density at radius 2 is 1.88 bits per heavy atom. The minimum Gasteiger partial charge on any atom is -0.493 e. The van der Waals surface area contributed by atoms with Crippen LogP contribution in [0.2, 0.25) is 0 Å². The van der Waals surface area contributed by atoms with E-state index in [1.165, 1.54) is 20.3 Å². The number of nitrogens with zero attached hydrogens (tertiary/aromatic N) is 1. The molecule has 0 amide bonds. The number of H-pyrrole nitrogens is 1. The van der Waals surface area contributed by atoms with Gasteiger partial charge in [-0.25, -0.2) is 9.37 Å². The second-order valence-corrected chi connectivity index (χ2v) is 5.55. The van der Waals surface area contributed by atoms with Gasteiger partial charge < -0.3 is 19.2 Å². The number of halogens is 3. The molecule has 1 aromatic carbocycles. The summed E-state index contributed by atoms with van der Waals surface area (Å²) in [5.41, 5.74) is 2.21. The van der Waals surface area contributed by atoms with E-state index in [2.05, 4.69) is 14.7 Å². The van der Waals surface area contributed by atoms with Crippen LogP contribution in [-0.4, -0.2) is 37.0 Å². The topological polar surface area (TPSA) is 56.4 Å². The summed E-state index contributed by atoms with van der Waals surface area (Å²) in [6.45, 7) is -1.96. The van der Waals surface area contributed by atoms with Crippen molar-refractivity contribution in [2.75, 3.05) is 20.9 Å². The maximum Gasteiger partial charge on any atom is 0.427 e. The zero-order valence-corrected chi connectivity index (χ0v) is 14.2. The summed E-state index contributed by atoms with van der Waals surface area (Å²) in [7, 11) is 2.63. The van der Waals surface area contributed by atoms with E-state index in [0.717, 1.165) is 16.6 Å². The average molecular weight is 366 g/mol. The SMILES string of the molecule is COc1ccc(Cc2c[nH]c3ncccc23)c(OC)c1OC(F)(F)CF. The number of aromatic nitrogens is 2. The molecule has 0 unspecified atom stereocenters. The summed E-state index contributed by atoms with van der Waals surface area (Å²) in [5, 5.41) is 0.905. The third-order valence-corrected chi connectivity index (χ3v) is 3.91. The molecule has 0 atom stereocenters. The molecular formula is C18H17F3N2O3. The number of fused-ring (bicyclic) bond motifs is 1. The van der Waals surface area contributed by atoms with Gasteiger partial charge in [-0.2, -0.15) is 8.78 Å². The average Bonchev–Trinajstić information content (AvgIpc) is 3.05. The number of aromatic amines is 1. The summed E-state index contributed by atoms with van der Waals surface area (Å²) in [6.07, 6.45) is -0.153. The Bertz CT molecular complexity index is 912. The number of alkyl halides is 3. The summed E-state index contributed by atoms with van der Waals surface area (Å²) in [6, 6.07) is 6.88. The minimum atomic E-state index is -3.98. The molecule has 0 radical (unpaired) electrons. The number of hydrogen-bond donors (Lipinski definition) is 1. The van der Waals surface area contributed by atoms with Crippen LogP contribution >= 0.6 is 0 Å². The van der Waals surface area contributed by atoms with Crippen LogP contribution in [0.4, 0.5) is 13.2 Å². The van der Waals surface area contributed by atoms with Gasteiger partial charge in [0.2, 0.25) is 5.75 Å². The lowest BCUT2D eigenvalue weighted by Crippen LogP contribution is -2.27. The molecule has 0 fully saturated rings. The highest BCUT2D eigenvalue weighted by atomic mass is 19.3. The van der Waals surface area contributed by atoms with Crippen LogP contribution in [0.3, 0.4) is 0 Å². The molecule has 0 saturated carbocycles. The fraction of sp³-hybridized carbons (Fsp3) is 0.278. The largest absolute Gasteiger partial charge is 0.493 e. The van der Waals surface area contributed by atoms with E-state index < -0.39 is 12.8 Å². The first-order valence-electron chi connectivity index (χ1n) is 7.76. The van der Waals surface area contributed by atoms with Crippen molar-refractivity contribution in [2.24, 2.45) is 0 Å². The number of methoxy groups -OCH3 is 2. The first kappa shape index (κ1) is 17.9. The molecule has 0 bridgehead atoms. The Labute approximate surface area is 147 Å². The number of pyridine rings is 1. The van der Waals surface area contributed by atoms with Crippen molar-refractivity contribution in [2.45, 2.75) is 12.5 Å². The van der Waals surface area contributed by atoms with Gasteiger partial charge in [0.1, 0.15) is 5.65 Å². The molecular weight excluding hydrogens is 349 g/mol. The highest BCUT2D eigenvalue weighted by molar-refractivity contribution is 5.80. The van der Waals surface area contributed by atoms with Crippen LogP contribution in [0.25, 0.3) is 11.0 Å². The van der Waals surface area contributed by atoms with Crippen LogP contribution in [0, 0.1) is 0 Å². The van der Waals surface area contributed by atoms with Crippen LogP contribution in [-0.2, 0) is 6.42 Å². The van der Waals surface area contributed by atoms with Gasteiger partial charge >= 0.3 is 6.11 Å². The fourth-order valence-electron chi connectivity index (χ4n) is 2.75. The molecule has 5 nitrogen and oxygen atoms in total. The number of nitrogens with one attached hydrogen (secondary N) is 1. The van der Waals surface area contributed by atoms with Crippen LogP contribution < -0.4 is 14.2 Å². The van der Waals surface area contributed by atoms with Crippen molar-refractivity contribution in [3.05, 3.63) is 47.8 Å². The highest BCUT2D eigenvalue weighted by Crippen LogP contribution is 2.43. The van der Waals surface area contributed by atoms with Crippen molar-refractivity contribution in [3.8, 4) is 17.2 Å². The first-order valence-corrected chi connectivity index (χ1v) is 7.76. The van der Waals surface area contributed by atoms with E-state index in [0.29, 0.717) is 12.0 Å². The maximum absolute atomic E-state index is 13.5. The van der Waals surface area contributed by atoms with Gasteiger partial charge in [-0.1, -0.05) is 6.07 Å². The number of ether oxygens (including phenoxy) is 3.